The summed E-state index contributed by atoms with van der Waals surface area (Å²) in [6.45, 7) is 4.74. The average Bonchev–Trinajstić information content (AvgIpc) is 1.58. The highest BCUT2D eigenvalue weighted by atomic mass is 15.1. The Balaban J connectivity index is 0.805. The zero-order valence-corrected chi connectivity index (χ0v) is 47.3. The second kappa shape index (κ2) is 17.7. The van der Waals surface area contributed by atoms with E-state index in [4.69, 9.17) is 0 Å². The number of para-hydroxylation sites is 1. The first kappa shape index (κ1) is 48.0. The normalized spacial score (nSPS) is 14.5. The lowest BCUT2D eigenvalue weighted by molar-refractivity contribution is 0.633. The Morgan fingerprint density at radius 3 is 1.36 bits per heavy atom. The summed E-state index contributed by atoms with van der Waals surface area (Å²) < 4.78 is 2.56. The number of hydrogen-bond donors (Lipinski definition) is 0. The Labute approximate surface area is 495 Å². The fourth-order valence-corrected chi connectivity index (χ4v) is 16.4. The molecule has 18 rings (SSSR count). The molecule has 4 aliphatic rings. The molecular weight excluding hydrogens is 1020 g/mol. The zero-order chi connectivity index (χ0) is 56.2. The lowest BCUT2D eigenvalue weighted by atomic mass is 9.52. The Morgan fingerprint density at radius 2 is 0.694 bits per heavy atom. The molecular formula is C83H56N2. The van der Waals surface area contributed by atoms with Gasteiger partial charge < -0.3 is 9.47 Å². The molecule has 1 heterocycles. The van der Waals surface area contributed by atoms with Gasteiger partial charge >= 0.3 is 0 Å². The molecule has 0 saturated heterocycles. The summed E-state index contributed by atoms with van der Waals surface area (Å²) in [5.41, 5.74) is 31.6. The molecule has 2 spiro atoms. The third-order valence-electron chi connectivity index (χ3n) is 19.9. The molecule has 0 bridgehead atoms. The molecule has 0 atom stereocenters. The van der Waals surface area contributed by atoms with Crippen molar-refractivity contribution in [3.63, 3.8) is 0 Å². The number of fused-ring (bicyclic) bond motifs is 22. The lowest BCUT2D eigenvalue weighted by Crippen LogP contribution is -2.43. The minimum atomic E-state index is -0.595. The Kier molecular flexibility index (Phi) is 10.0. The van der Waals surface area contributed by atoms with Gasteiger partial charge in [0.1, 0.15) is 0 Å². The molecule has 0 fully saturated rings. The number of hydrogen-bond acceptors (Lipinski definition) is 1. The third kappa shape index (κ3) is 6.38. The van der Waals surface area contributed by atoms with Gasteiger partial charge in [0, 0.05) is 38.8 Å². The van der Waals surface area contributed by atoms with Crippen molar-refractivity contribution in [2.75, 3.05) is 4.90 Å². The number of anilines is 3. The van der Waals surface area contributed by atoms with E-state index in [9.17, 15) is 0 Å². The molecule has 85 heavy (non-hydrogen) atoms. The van der Waals surface area contributed by atoms with Crippen molar-refractivity contribution in [2.45, 2.75) is 30.1 Å². The van der Waals surface area contributed by atoms with Crippen molar-refractivity contribution in [1.29, 1.82) is 0 Å². The van der Waals surface area contributed by atoms with Crippen molar-refractivity contribution < 1.29 is 0 Å². The number of aromatic nitrogens is 1. The van der Waals surface area contributed by atoms with Gasteiger partial charge in [-0.15, -0.1) is 0 Å². The van der Waals surface area contributed by atoms with Gasteiger partial charge in [0.2, 0.25) is 0 Å². The Bertz CT molecular complexity index is 5020. The minimum Gasteiger partial charge on any atom is -0.310 e. The van der Waals surface area contributed by atoms with E-state index in [1.807, 2.05) is 0 Å². The molecule has 0 radical (unpaired) electrons. The van der Waals surface area contributed by atoms with Crippen LogP contribution >= 0.6 is 0 Å². The van der Waals surface area contributed by atoms with E-state index in [0.717, 1.165) is 22.6 Å². The maximum absolute atomic E-state index is 2.56. The van der Waals surface area contributed by atoms with E-state index >= 15 is 0 Å². The molecule has 1 aromatic heterocycles. The van der Waals surface area contributed by atoms with Crippen LogP contribution in [0.15, 0.2) is 303 Å². The fourth-order valence-electron chi connectivity index (χ4n) is 16.4. The predicted molar refractivity (Wildman–Crippen MR) is 352 cm³/mol. The topological polar surface area (TPSA) is 8.17 Å². The van der Waals surface area contributed by atoms with E-state index in [2.05, 4.69) is 327 Å². The van der Waals surface area contributed by atoms with Crippen LogP contribution in [0.1, 0.15) is 69.5 Å². The second-order valence-electron chi connectivity index (χ2n) is 24.2. The van der Waals surface area contributed by atoms with E-state index in [-0.39, 0.29) is 5.41 Å². The molecule has 0 aliphatic heterocycles. The smallest absolute Gasteiger partial charge is 0.0720 e. The summed E-state index contributed by atoms with van der Waals surface area (Å²) in [6, 6.07) is 115. The highest BCUT2D eigenvalue weighted by Crippen LogP contribution is 2.68. The Morgan fingerprint density at radius 1 is 0.259 bits per heavy atom. The molecule has 13 aromatic carbocycles. The van der Waals surface area contributed by atoms with E-state index < -0.39 is 10.8 Å². The van der Waals surface area contributed by atoms with Crippen LogP contribution in [0.4, 0.5) is 17.1 Å². The van der Waals surface area contributed by atoms with Gasteiger partial charge in [0.05, 0.1) is 27.6 Å². The highest BCUT2D eigenvalue weighted by Gasteiger charge is 2.59. The molecule has 0 N–H and O–H groups in total. The van der Waals surface area contributed by atoms with Crippen molar-refractivity contribution in [3.8, 4) is 61.3 Å². The number of nitrogens with zero attached hydrogens (tertiary/aromatic N) is 2. The molecule has 4 aliphatic carbocycles. The summed E-state index contributed by atoms with van der Waals surface area (Å²) in [7, 11) is 0. The van der Waals surface area contributed by atoms with Gasteiger partial charge in [-0.2, -0.15) is 0 Å². The van der Waals surface area contributed by atoms with Crippen molar-refractivity contribution in [2.24, 2.45) is 0 Å². The maximum Gasteiger partial charge on any atom is 0.0720 e. The standard InChI is InChI=1S/C83H56N2/c1-81(2)67-31-11-6-26-60(67)63-48-47-59(52-76(63)81)84(57-45-42-54(43-46-57)53-22-4-3-5-23-53)58-25-20-24-55(50-58)56-44-49-78-66(51-56)64-29-10-19-40-77(64)85(78)79-41-21-39-75-80(79)65-30-9-14-34-70(65)83(75)73-37-17-15-35-71(73)82(72-36-16-18-38-74(72)83)68-32-12-7-27-61(68)62-28-8-13-33-69(62)82/h3-52H,1-2H3. The van der Waals surface area contributed by atoms with Gasteiger partial charge in [0.25, 0.3) is 0 Å². The summed E-state index contributed by atoms with van der Waals surface area (Å²) in [5.74, 6) is 0. The van der Waals surface area contributed by atoms with Crippen LogP contribution in [0.5, 0.6) is 0 Å². The van der Waals surface area contributed by atoms with Gasteiger partial charge in [-0.3, -0.25) is 0 Å². The molecule has 0 amide bonds. The van der Waals surface area contributed by atoms with Crippen LogP contribution in [0.25, 0.3) is 83.1 Å². The van der Waals surface area contributed by atoms with Gasteiger partial charge in [0.15, 0.2) is 0 Å². The fraction of sp³-hybridized carbons (Fsp3) is 0.0602. The number of rotatable bonds is 6. The first-order chi connectivity index (χ1) is 41.9. The van der Waals surface area contributed by atoms with Crippen molar-refractivity contribution >= 4 is 38.9 Å². The van der Waals surface area contributed by atoms with Crippen LogP contribution < -0.4 is 4.90 Å². The average molecular weight is 1080 g/mol. The zero-order valence-electron chi connectivity index (χ0n) is 47.3. The van der Waals surface area contributed by atoms with Gasteiger partial charge in [-0.25, -0.2) is 0 Å². The molecule has 0 unspecified atom stereocenters. The molecule has 14 aromatic rings. The predicted octanol–water partition coefficient (Wildman–Crippen LogP) is 20.9. The van der Waals surface area contributed by atoms with E-state index in [0.29, 0.717) is 0 Å². The number of benzene rings is 13. The monoisotopic (exact) mass is 1080 g/mol. The van der Waals surface area contributed by atoms with E-state index in [1.54, 1.807) is 0 Å². The van der Waals surface area contributed by atoms with Crippen molar-refractivity contribution in [3.05, 3.63) is 359 Å². The van der Waals surface area contributed by atoms with Crippen LogP contribution in [-0.4, -0.2) is 4.57 Å². The maximum atomic E-state index is 2.56. The van der Waals surface area contributed by atoms with Crippen LogP contribution in [0.2, 0.25) is 0 Å². The first-order valence-corrected chi connectivity index (χ1v) is 29.9. The van der Waals surface area contributed by atoms with E-state index in [1.165, 1.54) is 133 Å². The van der Waals surface area contributed by atoms with Crippen molar-refractivity contribution in [1.82, 2.24) is 4.57 Å². The van der Waals surface area contributed by atoms with Crippen LogP contribution in [0, 0.1) is 0 Å². The first-order valence-electron chi connectivity index (χ1n) is 29.9. The molecule has 0 saturated carbocycles. The van der Waals surface area contributed by atoms with Gasteiger partial charge in [-0.05, 0) is 166 Å². The third-order valence-corrected chi connectivity index (χ3v) is 19.9. The minimum absolute atomic E-state index is 0.141. The molecule has 2 heteroatoms. The SMILES string of the molecule is CC1(C)c2ccccc2-c2ccc(N(c3ccc(-c4ccccc4)cc3)c3cccc(-c4ccc5c(c4)c4ccccc4n5-c4cccc5c4-c4ccccc4C54c5ccccc5C5(c6ccccc6-c6ccccc65)c5ccccc54)c3)cc21. The van der Waals surface area contributed by atoms with Gasteiger partial charge in [-0.1, -0.05) is 257 Å². The Hall–Kier alpha value is -10.5. The quantitative estimate of drug-likeness (QED) is 0.161. The second-order valence-corrected chi connectivity index (χ2v) is 24.2. The summed E-state index contributed by atoms with van der Waals surface area (Å²) in [6.07, 6.45) is 0. The molecule has 398 valence electrons. The lowest BCUT2D eigenvalue weighted by Gasteiger charge is -2.48. The van der Waals surface area contributed by atoms with Crippen LogP contribution in [-0.2, 0) is 16.2 Å². The van der Waals surface area contributed by atoms with Crippen LogP contribution in [0.3, 0.4) is 0 Å². The largest absolute Gasteiger partial charge is 0.310 e. The molecule has 2 nitrogen and oxygen atoms in total. The summed E-state index contributed by atoms with van der Waals surface area (Å²) >= 11 is 0. The summed E-state index contributed by atoms with van der Waals surface area (Å²) in [4.78, 5) is 2.44. The summed E-state index contributed by atoms with van der Waals surface area (Å²) in [5, 5.41) is 2.45. The highest BCUT2D eigenvalue weighted by molar-refractivity contribution is 6.12.